The topological polar surface area (TPSA) is 41.5 Å². The van der Waals surface area contributed by atoms with Crippen LogP contribution in [0.4, 0.5) is 10.1 Å². The molecule has 0 fully saturated rings. The Hall–Kier alpha value is -0.650. The van der Waals surface area contributed by atoms with Gasteiger partial charge in [0.05, 0.1) is 12.7 Å². The molecule has 0 amide bonds. The molecule has 0 aromatic heterocycles. The van der Waals surface area contributed by atoms with E-state index in [1.807, 2.05) is 0 Å². The molecule has 0 aliphatic heterocycles. The maximum absolute atomic E-state index is 12.9. The molecule has 1 rings (SSSR count). The first-order valence-corrected chi connectivity index (χ1v) is 7.87. The lowest BCUT2D eigenvalue weighted by Gasteiger charge is -2.14. The van der Waals surface area contributed by atoms with Crippen LogP contribution in [-0.4, -0.2) is 31.0 Å². The molecular weight excluding hydrogens is 325 g/mol. The highest BCUT2D eigenvalue weighted by molar-refractivity contribution is 9.10. The van der Waals surface area contributed by atoms with Gasteiger partial charge in [0.1, 0.15) is 5.82 Å². The molecule has 1 aromatic carbocycles. The fraction of sp³-hybridized carbons (Fsp3) is 0.600. The van der Waals surface area contributed by atoms with Crippen molar-refractivity contribution in [2.24, 2.45) is 0 Å². The third-order valence-electron chi connectivity index (χ3n) is 2.91. The second-order valence-corrected chi connectivity index (χ2v) is 5.65. The number of halogens is 2. The average molecular weight is 348 g/mol. The van der Waals surface area contributed by atoms with Crippen LogP contribution in [0.25, 0.3) is 0 Å². The number of anilines is 1. The summed E-state index contributed by atoms with van der Waals surface area (Å²) >= 11 is 3.27. The zero-order chi connectivity index (χ0) is 14.8. The van der Waals surface area contributed by atoms with Crippen molar-refractivity contribution >= 4 is 21.6 Å². The van der Waals surface area contributed by atoms with E-state index in [0.717, 1.165) is 12.1 Å². The monoisotopic (exact) mass is 347 g/mol. The molecule has 0 spiro atoms. The SMILES string of the molecule is CCCCCCOCC(O)CNc1ccc(F)cc1Br. The fourth-order valence-corrected chi connectivity index (χ4v) is 2.26. The van der Waals surface area contributed by atoms with Gasteiger partial charge >= 0.3 is 0 Å². The van der Waals surface area contributed by atoms with E-state index < -0.39 is 6.10 Å². The molecular formula is C15H23BrFNO2. The van der Waals surface area contributed by atoms with Crippen LogP contribution in [0.3, 0.4) is 0 Å². The Kier molecular flexibility index (Phi) is 8.82. The predicted octanol–water partition coefficient (Wildman–Crippen LogP) is 3.96. The van der Waals surface area contributed by atoms with Gasteiger partial charge in [0, 0.05) is 23.3 Å². The molecule has 0 saturated carbocycles. The van der Waals surface area contributed by atoms with Gasteiger partial charge < -0.3 is 15.2 Å². The van der Waals surface area contributed by atoms with Gasteiger partial charge in [-0.3, -0.25) is 0 Å². The lowest BCUT2D eigenvalue weighted by molar-refractivity contribution is 0.0416. The first-order valence-electron chi connectivity index (χ1n) is 7.08. The highest BCUT2D eigenvalue weighted by atomic mass is 79.9. The molecule has 0 bridgehead atoms. The van der Waals surface area contributed by atoms with Crippen LogP contribution in [-0.2, 0) is 4.74 Å². The van der Waals surface area contributed by atoms with Crippen LogP contribution in [0.2, 0.25) is 0 Å². The molecule has 1 unspecified atom stereocenters. The van der Waals surface area contributed by atoms with E-state index in [4.69, 9.17) is 4.74 Å². The predicted molar refractivity (Wildman–Crippen MR) is 83.6 cm³/mol. The van der Waals surface area contributed by atoms with Gasteiger partial charge in [0.25, 0.3) is 0 Å². The van der Waals surface area contributed by atoms with Gasteiger partial charge in [0.2, 0.25) is 0 Å². The molecule has 1 atom stereocenters. The fourth-order valence-electron chi connectivity index (χ4n) is 1.77. The van der Waals surface area contributed by atoms with Crippen LogP contribution < -0.4 is 5.32 Å². The van der Waals surface area contributed by atoms with Gasteiger partial charge in [0.15, 0.2) is 0 Å². The van der Waals surface area contributed by atoms with E-state index in [9.17, 15) is 9.50 Å². The third kappa shape index (κ3) is 7.22. The number of nitrogens with one attached hydrogen (secondary N) is 1. The number of rotatable bonds is 10. The average Bonchev–Trinajstić information content (AvgIpc) is 2.41. The van der Waals surface area contributed by atoms with E-state index in [2.05, 4.69) is 28.2 Å². The van der Waals surface area contributed by atoms with Crippen molar-refractivity contribution in [3.63, 3.8) is 0 Å². The standard InChI is InChI=1S/C15H23BrFNO2/c1-2-3-4-5-8-20-11-13(19)10-18-15-7-6-12(17)9-14(15)16/h6-7,9,13,18-19H,2-5,8,10-11H2,1H3. The third-order valence-corrected chi connectivity index (χ3v) is 3.57. The lowest BCUT2D eigenvalue weighted by Crippen LogP contribution is -2.25. The summed E-state index contributed by atoms with van der Waals surface area (Å²) < 4.78 is 19.0. The van der Waals surface area contributed by atoms with Gasteiger partial charge in [-0.25, -0.2) is 4.39 Å². The largest absolute Gasteiger partial charge is 0.389 e. The number of aliphatic hydroxyl groups excluding tert-OH is 1. The maximum Gasteiger partial charge on any atom is 0.124 e. The summed E-state index contributed by atoms with van der Waals surface area (Å²) in [7, 11) is 0. The summed E-state index contributed by atoms with van der Waals surface area (Å²) in [4.78, 5) is 0. The Balaban J connectivity index is 2.14. The van der Waals surface area contributed by atoms with Crippen molar-refractivity contribution in [3.05, 3.63) is 28.5 Å². The van der Waals surface area contributed by atoms with Crippen molar-refractivity contribution < 1.29 is 14.2 Å². The normalized spacial score (nSPS) is 12.4. The minimum atomic E-state index is -0.571. The van der Waals surface area contributed by atoms with Crippen LogP contribution in [0.5, 0.6) is 0 Å². The van der Waals surface area contributed by atoms with Crippen LogP contribution in [0.15, 0.2) is 22.7 Å². The second-order valence-electron chi connectivity index (χ2n) is 4.79. The highest BCUT2D eigenvalue weighted by Crippen LogP contribution is 2.22. The molecule has 114 valence electrons. The minimum Gasteiger partial charge on any atom is -0.389 e. The first kappa shape index (κ1) is 17.4. The van der Waals surface area contributed by atoms with Crippen LogP contribution >= 0.6 is 15.9 Å². The van der Waals surface area contributed by atoms with Crippen LogP contribution in [0.1, 0.15) is 32.6 Å². The highest BCUT2D eigenvalue weighted by Gasteiger charge is 2.06. The summed E-state index contributed by atoms with van der Waals surface area (Å²) in [5.74, 6) is -0.293. The molecule has 5 heteroatoms. The molecule has 0 radical (unpaired) electrons. The zero-order valence-corrected chi connectivity index (χ0v) is 13.5. The van der Waals surface area contributed by atoms with Crippen molar-refractivity contribution in [1.82, 2.24) is 0 Å². The summed E-state index contributed by atoms with van der Waals surface area (Å²) in [5.41, 5.74) is 0.758. The molecule has 0 heterocycles. The molecule has 0 saturated heterocycles. The van der Waals surface area contributed by atoms with Crippen molar-refractivity contribution in [2.75, 3.05) is 25.1 Å². The van der Waals surface area contributed by atoms with E-state index in [1.165, 1.54) is 31.4 Å². The van der Waals surface area contributed by atoms with Crippen molar-refractivity contribution in [2.45, 2.75) is 38.7 Å². The summed E-state index contributed by atoms with van der Waals surface area (Å²) in [6.07, 6.45) is 4.08. The van der Waals surface area contributed by atoms with E-state index in [0.29, 0.717) is 24.2 Å². The summed E-state index contributed by atoms with van der Waals surface area (Å²) in [6, 6.07) is 4.40. The number of benzene rings is 1. The van der Waals surface area contributed by atoms with Gasteiger partial charge in [-0.1, -0.05) is 26.2 Å². The number of unbranched alkanes of at least 4 members (excludes halogenated alkanes) is 3. The first-order chi connectivity index (χ1) is 9.63. The van der Waals surface area contributed by atoms with Crippen molar-refractivity contribution in [1.29, 1.82) is 0 Å². The Bertz CT molecular complexity index is 390. The van der Waals surface area contributed by atoms with Crippen LogP contribution in [0, 0.1) is 5.82 Å². The Morgan fingerprint density at radius 1 is 1.35 bits per heavy atom. The zero-order valence-electron chi connectivity index (χ0n) is 11.9. The molecule has 0 aliphatic rings. The summed E-state index contributed by atoms with van der Waals surface area (Å²) in [6.45, 7) is 3.55. The number of hydrogen-bond donors (Lipinski definition) is 2. The second kappa shape index (κ2) is 10.1. The Morgan fingerprint density at radius 2 is 2.15 bits per heavy atom. The molecule has 0 aliphatic carbocycles. The number of aliphatic hydroxyl groups is 1. The lowest BCUT2D eigenvalue weighted by atomic mass is 10.2. The molecule has 20 heavy (non-hydrogen) atoms. The van der Waals surface area contributed by atoms with E-state index in [1.54, 1.807) is 6.07 Å². The Labute approximate surface area is 128 Å². The maximum atomic E-state index is 12.9. The van der Waals surface area contributed by atoms with E-state index in [-0.39, 0.29) is 5.82 Å². The number of hydrogen-bond acceptors (Lipinski definition) is 3. The smallest absolute Gasteiger partial charge is 0.124 e. The molecule has 1 aromatic rings. The quantitative estimate of drug-likeness (QED) is 0.629. The van der Waals surface area contributed by atoms with Crippen molar-refractivity contribution in [3.8, 4) is 0 Å². The number of ether oxygens (including phenoxy) is 1. The van der Waals surface area contributed by atoms with E-state index >= 15 is 0 Å². The molecule has 2 N–H and O–H groups in total. The van der Waals surface area contributed by atoms with Gasteiger partial charge in [-0.05, 0) is 40.5 Å². The minimum absolute atomic E-state index is 0.293. The van der Waals surface area contributed by atoms with Gasteiger partial charge in [-0.15, -0.1) is 0 Å². The van der Waals surface area contributed by atoms with Gasteiger partial charge in [-0.2, -0.15) is 0 Å². The molecule has 3 nitrogen and oxygen atoms in total. The Morgan fingerprint density at radius 3 is 2.85 bits per heavy atom. The summed E-state index contributed by atoms with van der Waals surface area (Å²) in [5, 5.41) is 12.8.